The van der Waals surface area contributed by atoms with Gasteiger partial charge < -0.3 is 9.52 Å². The number of oxazole rings is 1. The third kappa shape index (κ3) is 2.30. The van der Waals surface area contributed by atoms with Crippen LogP contribution in [0.2, 0.25) is 0 Å². The molecular weight excluding hydrogens is 252 g/mol. The topological polar surface area (TPSA) is 106 Å². The Kier molecular flexibility index (Phi) is 3.04. The first-order chi connectivity index (χ1) is 8.90. The maximum absolute atomic E-state index is 10.9. The number of nitro groups is 1. The zero-order chi connectivity index (χ0) is 14.2. The van der Waals surface area contributed by atoms with Gasteiger partial charge in [-0.2, -0.15) is 0 Å². The van der Waals surface area contributed by atoms with Crippen LogP contribution in [0, 0.1) is 24.0 Å². The molecule has 2 aromatic rings. The van der Waals surface area contributed by atoms with E-state index in [0.717, 1.165) is 0 Å². The van der Waals surface area contributed by atoms with Gasteiger partial charge in [-0.25, -0.2) is 9.78 Å². The second-order valence-electron chi connectivity index (χ2n) is 4.00. The molecule has 0 radical (unpaired) electrons. The van der Waals surface area contributed by atoms with E-state index in [0.29, 0.717) is 11.1 Å². The molecule has 98 valence electrons. The Bertz CT molecular complexity index is 675. The molecule has 2 rings (SSSR count). The normalized spacial score (nSPS) is 10.4. The number of aromatic nitrogens is 1. The predicted octanol–water partition coefficient (Wildman–Crippen LogP) is 2.56. The highest BCUT2D eigenvalue weighted by atomic mass is 16.6. The fraction of sp³-hybridized carbons (Fsp3) is 0.167. The van der Waals surface area contributed by atoms with E-state index in [-0.39, 0.29) is 23.0 Å². The minimum atomic E-state index is -1.20. The first kappa shape index (κ1) is 12.7. The van der Waals surface area contributed by atoms with E-state index >= 15 is 0 Å². The maximum Gasteiger partial charge on any atom is 0.373 e. The number of hydrogen-bond acceptors (Lipinski definition) is 5. The molecule has 1 N–H and O–H groups in total. The van der Waals surface area contributed by atoms with Gasteiger partial charge in [0.05, 0.1) is 10.6 Å². The maximum atomic E-state index is 10.9. The van der Waals surface area contributed by atoms with Gasteiger partial charge in [-0.3, -0.25) is 10.1 Å². The highest BCUT2D eigenvalue weighted by Gasteiger charge is 2.19. The van der Waals surface area contributed by atoms with E-state index in [4.69, 9.17) is 9.52 Å². The van der Waals surface area contributed by atoms with Crippen LogP contribution in [0.4, 0.5) is 5.69 Å². The van der Waals surface area contributed by atoms with Crippen LogP contribution >= 0.6 is 0 Å². The summed E-state index contributed by atoms with van der Waals surface area (Å²) in [6, 6.07) is 4.20. The SMILES string of the molecule is Cc1cc([N+](=O)[O-])ccc1-c1nc(C)c(C(=O)O)o1. The highest BCUT2D eigenvalue weighted by Crippen LogP contribution is 2.27. The summed E-state index contributed by atoms with van der Waals surface area (Å²) in [5, 5.41) is 19.5. The summed E-state index contributed by atoms with van der Waals surface area (Å²) in [5.74, 6) is -1.29. The fourth-order valence-corrected chi connectivity index (χ4v) is 1.71. The van der Waals surface area contributed by atoms with E-state index in [1.54, 1.807) is 6.92 Å². The smallest absolute Gasteiger partial charge is 0.373 e. The number of aryl methyl sites for hydroxylation is 2. The lowest BCUT2D eigenvalue weighted by Gasteiger charge is -2.00. The van der Waals surface area contributed by atoms with Gasteiger partial charge in [-0.15, -0.1) is 0 Å². The number of benzene rings is 1. The molecule has 0 atom stereocenters. The number of nitro benzene ring substituents is 1. The monoisotopic (exact) mass is 262 g/mol. The molecule has 0 aliphatic carbocycles. The van der Waals surface area contributed by atoms with E-state index < -0.39 is 10.9 Å². The van der Waals surface area contributed by atoms with Crippen LogP contribution in [0.3, 0.4) is 0 Å². The third-order valence-corrected chi connectivity index (χ3v) is 2.64. The van der Waals surface area contributed by atoms with Gasteiger partial charge in [-0.1, -0.05) is 0 Å². The average molecular weight is 262 g/mol. The molecule has 1 aromatic heterocycles. The number of carbonyl (C=O) groups is 1. The van der Waals surface area contributed by atoms with Gasteiger partial charge in [0, 0.05) is 17.7 Å². The summed E-state index contributed by atoms with van der Waals surface area (Å²) in [4.78, 5) is 25.0. The van der Waals surface area contributed by atoms with Crippen molar-refractivity contribution in [3.8, 4) is 11.5 Å². The lowest BCUT2D eigenvalue weighted by Crippen LogP contribution is -1.95. The van der Waals surface area contributed by atoms with Crippen molar-refractivity contribution in [2.24, 2.45) is 0 Å². The van der Waals surface area contributed by atoms with Crippen LogP contribution in [0.5, 0.6) is 0 Å². The zero-order valence-corrected chi connectivity index (χ0v) is 10.2. The molecule has 0 saturated carbocycles. The Balaban J connectivity index is 2.50. The summed E-state index contributed by atoms with van der Waals surface area (Å²) < 4.78 is 5.16. The van der Waals surface area contributed by atoms with Gasteiger partial charge in [-0.05, 0) is 25.5 Å². The summed E-state index contributed by atoms with van der Waals surface area (Å²) in [6.45, 7) is 3.19. The van der Waals surface area contributed by atoms with Crippen LogP contribution in [0.1, 0.15) is 21.8 Å². The van der Waals surface area contributed by atoms with E-state index in [1.807, 2.05) is 0 Å². The molecule has 19 heavy (non-hydrogen) atoms. The number of nitrogens with zero attached hydrogens (tertiary/aromatic N) is 2. The molecule has 1 heterocycles. The van der Waals surface area contributed by atoms with Crippen molar-refractivity contribution in [3.05, 3.63) is 45.3 Å². The van der Waals surface area contributed by atoms with Crippen LogP contribution in [-0.2, 0) is 0 Å². The molecule has 0 spiro atoms. The summed E-state index contributed by atoms with van der Waals surface area (Å²) >= 11 is 0. The average Bonchev–Trinajstić information content (AvgIpc) is 2.71. The lowest BCUT2D eigenvalue weighted by atomic mass is 10.1. The minimum Gasteiger partial charge on any atom is -0.475 e. The van der Waals surface area contributed by atoms with Crippen molar-refractivity contribution < 1.29 is 19.2 Å². The second-order valence-corrected chi connectivity index (χ2v) is 4.00. The number of carboxylic acid groups (broad SMARTS) is 1. The van der Waals surface area contributed by atoms with E-state index in [9.17, 15) is 14.9 Å². The van der Waals surface area contributed by atoms with Gasteiger partial charge in [0.15, 0.2) is 0 Å². The molecular formula is C12H10N2O5. The molecule has 7 heteroatoms. The third-order valence-electron chi connectivity index (χ3n) is 2.64. The zero-order valence-electron chi connectivity index (χ0n) is 10.2. The van der Waals surface area contributed by atoms with Crippen molar-refractivity contribution in [1.29, 1.82) is 0 Å². The number of aromatic carboxylic acids is 1. The lowest BCUT2D eigenvalue weighted by molar-refractivity contribution is -0.384. The molecule has 0 bridgehead atoms. The van der Waals surface area contributed by atoms with Crippen molar-refractivity contribution in [1.82, 2.24) is 4.98 Å². The Hall–Kier alpha value is -2.70. The van der Waals surface area contributed by atoms with Crippen LogP contribution in [0.25, 0.3) is 11.5 Å². The van der Waals surface area contributed by atoms with Crippen LogP contribution in [-0.4, -0.2) is 21.0 Å². The van der Waals surface area contributed by atoms with Gasteiger partial charge in [0.2, 0.25) is 11.7 Å². The number of carboxylic acids is 1. The van der Waals surface area contributed by atoms with Crippen molar-refractivity contribution in [2.75, 3.05) is 0 Å². The van der Waals surface area contributed by atoms with Crippen LogP contribution in [0.15, 0.2) is 22.6 Å². The molecule has 7 nitrogen and oxygen atoms in total. The molecule has 0 amide bonds. The van der Waals surface area contributed by atoms with Gasteiger partial charge in [0.1, 0.15) is 0 Å². The van der Waals surface area contributed by atoms with E-state index in [2.05, 4.69) is 4.98 Å². The van der Waals surface area contributed by atoms with Crippen molar-refractivity contribution >= 4 is 11.7 Å². The Morgan fingerprint density at radius 1 is 1.42 bits per heavy atom. The number of non-ortho nitro benzene ring substituents is 1. The standard InChI is InChI=1S/C12H10N2O5/c1-6-5-8(14(17)18)3-4-9(6)11-13-7(2)10(19-11)12(15)16/h3-5H,1-2H3,(H,15,16). The Labute approximate surface area is 107 Å². The predicted molar refractivity (Wildman–Crippen MR) is 65.0 cm³/mol. The largest absolute Gasteiger partial charge is 0.475 e. The quantitative estimate of drug-likeness (QED) is 0.672. The molecule has 0 saturated heterocycles. The molecule has 0 unspecified atom stereocenters. The van der Waals surface area contributed by atoms with Crippen molar-refractivity contribution in [2.45, 2.75) is 13.8 Å². The molecule has 0 aliphatic heterocycles. The summed E-state index contributed by atoms with van der Waals surface area (Å²) in [5.41, 5.74) is 1.34. The molecule has 0 aliphatic rings. The van der Waals surface area contributed by atoms with Crippen LogP contribution < -0.4 is 0 Å². The van der Waals surface area contributed by atoms with Gasteiger partial charge >= 0.3 is 5.97 Å². The van der Waals surface area contributed by atoms with E-state index in [1.165, 1.54) is 25.1 Å². The second kappa shape index (κ2) is 4.52. The number of rotatable bonds is 3. The summed E-state index contributed by atoms with van der Waals surface area (Å²) in [6.07, 6.45) is 0. The minimum absolute atomic E-state index is 0.0389. The van der Waals surface area contributed by atoms with Gasteiger partial charge in [0.25, 0.3) is 5.69 Å². The Morgan fingerprint density at radius 2 is 2.11 bits per heavy atom. The first-order valence-electron chi connectivity index (χ1n) is 5.36. The number of hydrogen-bond donors (Lipinski definition) is 1. The molecule has 0 fully saturated rings. The highest BCUT2D eigenvalue weighted by molar-refractivity contribution is 5.86. The summed E-state index contributed by atoms with van der Waals surface area (Å²) in [7, 11) is 0. The Morgan fingerprint density at radius 3 is 2.58 bits per heavy atom. The fourth-order valence-electron chi connectivity index (χ4n) is 1.71. The van der Waals surface area contributed by atoms with Crippen molar-refractivity contribution in [3.63, 3.8) is 0 Å². The molecule has 1 aromatic carbocycles. The first-order valence-corrected chi connectivity index (χ1v) is 5.36.